The normalized spacial score (nSPS) is 12.4. The van der Waals surface area contributed by atoms with Crippen LogP contribution in [0.15, 0.2) is 0 Å². The number of hydrogen-bond donors (Lipinski definition) is 1. The fraction of sp³-hybridized carbons (Fsp3) is 0.917. The summed E-state index contributed by atoms with van der Waals surface area (Å²) in [4.78, 5) is 13.7. The summed E-state index contributed by atoms with van der Waals surface area (Å²) < 4.78 is 5.37. The van der Waals surface area contributed by atoms with E-state index in [2.05, 4.69) is 0 Å². The smallest absolute Gasteiger partial charge is 0.410 e. The van der Waals surface area contributed by atoms with Crippen molar-refractivity contribution < 1.29 is 9.53 Å². The van der Waals surface area contributed by atoms with Crippen LogP contribution in [0.1, 0.15) is 48.0 Å². The van der Waals surface area contributed by atoms with Crippen LogP contribution in [-0.4, -0.2) is 35.2 Å². The highest BCUT2D eigenvalue weighted by Gasteiger charge is 2.32. The van der Waals surface area contributed by atoms with Gasteiger partial charge in [0.25, 0.3) is 0 Å². The van der Waals surface area contributed by atoms with Crippen molar-refractivity contribution in [1.29, 1.82) is 0 Å². The monoisotopic (exact) mass is 230 g/mol. The van der Waals surface area contributed by atoms with Crippen LogP contribution in [0, 0.1) is 0 Å². The summed E-state index contributed by atoms with van der Waals surface area (Å²) in [7, 11) is 0. The van der Waals surface area contributed by atoms with Gasteiger partial charge in [0, 0.05) is 13.1 Å². The maximum absolute atomic E-state index is 12.0. The van der Waals surface area contributed by atoms with Crippen LogP contribution < -0.4 is 5.73 Å². The Kier molecular flexibility index (Phi) is 5.26. The lowest BCUT2D eigenvalue weighted by atomic mass is 10.0. The minimum Gasteiger partial charge on any atom is -0.444 e. The molecule has 0 aliphatic carbocycles. The molecule has 0 bridgehead atoms. The highest BCUT2D eigenvalue weighted by atomic mass is 16.6. The summed E-state index contributed by atoms with van der Waals surface area (Å²) in [5.41, 5.74) is 4.86. The van der Waals surface area contributed by atoms with Crippen LogP contribution in [-0.2, 0) is 4.74 Å². The summed E-state index contributed by atoms with van der Waals surface area (Å²) in [5.74, 6) is 0. The van der Waals surface area contributed by atoms with Gasteiger partial charge in [-0.15, -0.1) is 0 Å². The summed E-state index contributed by atoms with van der Waals surface area (Å²) >= 11 is 0. The van der Waals surface area contributed by atoms with E-state index in [4.69, 9.17) is 10.5 Å². The van der Waals surface area contributed by atoms with Gasteiger partial charge in [-0.1, -0.05) is 6.92 Å². The molecule has 2 N–H and O–H groups in total. The molecule has 1 amide bonds. The molecule has 4 heteroatoms. The lowest BCUT2D eigenvalue weighted by molar-refractivity contribution is 0.00465. The number of carbonyl (C=O) groups is 1. The molecule has 0 heterocycles. The second-order valence-electron chi connectivity index (χ2n) is 5.65. The van der Waals surface area contributed by atoms with Crippen molar-refractivity contribution in [2.75, 3.05) is 13.1 Å². The molecule has 0 atom stereocenters. The highest BCUT2D eigenvalue weighted by molar-refractivity contribution is 5.69. The first-order valence-electron chi connectivity index (χ1n) is 5.84. The number of nitrogens with two attached hydrogens (primary N) is 1. The Morgan fingerprint density at radius 3 is 2.06 bits per heavy atom. The lowest BCUT2D eigenvalue weighted by Gasteiger charge is -2.38. The Hall–Kier alpha value is -0.770. The summed E-state index contributed by atoms with van der Waals surface area (Å²) in [6, 6.07) is 0. The molecule has 4 nitrogen and oxygen atoms in total. The number of rotatable bonds is 4. The number of carbonyl (C=O) groups excluding carboxylic acids is 1. The van der Waals surface area contributed by atoms with Crippen molar-refractivity contribution in [3.8, 4) is 0 Å². The van der Waals surface area contributed by atoms with Crippen LogP contribution in [0.25, 0.3) is 0 Å². The lowest BCUT2D eigenvalue weighted by Crippen LogP contribution is -2.53. The van der Waals surface area contributed by atoms with Crippen LogP contribution in [0.3, 0.4) is 0 Å². The standard InChI is InChI=1S/C12H26N2O2/c1-7-8-14(12(5,6)9-13)10(15)16-11(2,3)4/h7-9,13H2,1-6H3. The van der Waals surface area contributed by atoms with E-state index in [0.717, 1.165) is 6.42 Å². The Balaban J connectivity index is 4.73. The minimum absolute atomic E-state index is 0.287. The molecule has 0 aromatic rings. The zero-order valence-electron chi connectivity index (χ0n) is 11.5. The van der Waals surface area contributed by atoms with E-state index in [1.165, 1.54) is 0 Å². The van der Waals surface area contributed by atoms with Gasteiger partial charge in [0.15, 0.2) is 0 Å². The van der Waals surface area contributed by atoms with Crippen molar-refractivity contribution in [2.24, 2.45) is 5.73 Å². The highest BCUT2D eigenvalue weighted by Crippen LogP contribution is 2.18. The zero-order valence-corrected chi connectivity index (χ0v) is 11.5. The number of hydrogen-bond acceptors (Lipinski definition) is 3. The van der Waals surface area contributed by atoms with Gasteiger partial charge in [0.2, 0.25) is 0 Å². The average molecular weight is 230 g/mol. The van der Waals surface area contributed by atoms with Gasteiger partial charge in [-0.3, -0.25) is 0 Å². The van der Waals surface area contributed by atoms with Gasteiger partial charge in [0.05, 0.1) is 5.54 Å². The van der Waals surface area contributed by atoms with Crippen LogP contribution in [0.5, 0.6) is 0 Å². The van der Waals surface area contributed by atoms with Gasteiger partial charge in [0.1, 0.15) is 5.60 Å². The third-order valence-electron chi connectivity index (χ3n) is 2.29. The topological polar surface area (TPSA) is 55.6 Å². The SMILES string of the molecule is CCCN(C(=O)OC(C)(C)C)C(C)(C)CN. The van der Waals surface area contributed by atoms with E-state index in [-0.39, 0.29) is 11.6 Å². The van der Waals surface area contributed by atoms with E-state index < -0.39 is 5.60 Å². The molecule has 0 aliphatic heterocycles. The Bertz CT molecular complexity index is 232. The molecule has 0 saturated carbocycles. The summed E-state index contributed by atoms with van der Waals surface area (Å²) in [6.45, 7) is 12.6. The number of ether oxygens (including phenoxy) is 1. The second-order valence-corrected chi connectivity index (χ2v) is 5.65. The van der Waals surface area contributed by atoms with Gasteiger partial charge < -0.3 is 15.4 Å². The van der Waals surface area contributed by atoms with E-state index in [0.29, 0.717) is 13.1 Å². The van der Waals surface area contributed by atoms with Crippen LogP contribution in [0.4, 0.5) is 4.79 Å². The molecule has 0 unspecified atom stereocenters. The van der Waals surface area contributed by atoms with Crippen molar-refractivity contribution >= 4 is 6.09 Å². The van der Waals surface area contributed by atoms with Crippen molar-refractivity contribution in [1.82, 2.24) is 4.90 Å². The quantitative estimate of drug-likeness (QED) is 0.806. The van der Waals surface area contributed by atoms with Crippen molar-refractivity contribution in [3.63, 3.8) is 0 Å². The Labute approximate surface area is 99.1 Å². The third kappa shape index (κ3) is 4.84. The molecule has 0 rings (SSSR count). The fourth-order valence-corrected chi connectivity index (χ4v) is 1.29. The van der Waals surface area contributed by atoms with Gasteiger partial charge in [-0.05, 0) is 41.0 Å². The fourth-order valence-electron chi connectivity index (χ4n) is 1.29. The van der Waals surface area contributed by atoms with Crippen LogP contribution in [0.2, 0.25) is 0 Å². The summed E-state index contributed by atoms with van der Waals surface area (Å²) in [6.07, 6.45) is 0.604. The molecule has 0 aromatic carbocycles. The predicted molar refractivity (Wildman–Crippen MR) is 66.4 cm³/mol. The molecule has 0 aromatic heterocycles. The van der Waals surface area contributed by atoms with E-state index >= 15 is 0 Å². The maximum Gasteiger partial charge on any atom is 0.410 e. The van der Waals surface area contributed by atoms with Crippen LogP contribution >= 0.6 is 0 Å². The first-order valence-corrected chi connectivity index (χ1v) is 5.84. The molecule has 0 radical (unpaired) electrons. The largest absolute Gasteiger partial charge is 0.444 e. The molecular formula is C12H26N2O2. The Morgan fingerprint density at radius 2 is 1.75 bits per heavy atom. The predicted octanol–water partition coefficient (Wildman–Crippen LogP) is 2.37. The molecular weight excluding hydrogens is 204 g/mol. The molecule has 0 spiro atoms. The second kappa shape index (κ2) is 5.53. The molecule has 0 saturated heterocycles. The molecule has 96 valence electrons. The minimum atomic E-state index is -0.465. The summed E-state index contributed by atoms with van der Waals surface area (Å²) in [5, 5.41) is 0. The maximum atomic E-state index is 12.0. The average Bonchev–Trinajstić information content (AvgIpc) is 2.10. The third-order valence-corrected chi connectivity index (χ3v) is 2.29. The van der Waals surface area contributed by atoms with Gasteiger partial charge >= 0.3 is 6.09 Å². The number of nitrogens with zero attached hydrogens (tertiary/aromatic N) is 1. The molecule has 0 fully saturated rings. The van der Waals surface area contributed by atoms with E-state index in [1.54, 1.807) is 4.90 Å². The zero-order chi connectivity index (χ0) is 13.0. The number of amides is 1. The first-order chi connectivity index (χ1) is 7.14. The van der Waals surface area contributed by atoms with Gasteiger partial charge in [-0.25, -0.2) is 4.79 Å². The Morgan fingerprint density at radius 1 is 1.25 bits per heavy atom. The van der Waals surface area contributed by atoms with E-state index in [1.807, 2.05) is 41.5 Å². The van der Waals surface area contributed by atoms with Crippen molar-refractivity contribution in [3.05, 3.63) is 0 Å². The van der Waals surface area contributed by atoms with Gasteiger partial charge in [-0.2, -0.15) is 0 Å². The van der Waals surface area contributed by atoms with E-state index in [9.17, 15) is 4.79 Å². The molecule has 0 aliphatic rings. The first kappa shape index (κ1) is 15.2. The van der Waals surface area contributed by atoms with Crippen molar-refractivity contribution in [2.45, 2.75) is 59.1 Å². The molecule has 16 heavy (non-hydrogen) atoms.